The van der Waals surface area contributed by atoms with Crippen LogP contribution in [0.1, 0.15) is 5.56 Å². The van der Waals surface area contributed by atoms with E-state index in [-0.39, 0.29) is 10.6 Å². The molecule has 144 valence electrons. The topological polar surface area (TPSA) is 105 Å². The Morgan fingerprint density at radius 2 is 1.75 bits per heavy atom. The molecular formula is C19H18N4O4S. The summed E-state index contributed by atoms with van der Waals surface area (Å²) in [5.41, 5.74) is 0.753. The van der Waals surface area contributed by atoms with Gasteiger partial charge in [-0.15, -0.1) is 0 Å². The Morgan fingerprint density at radius 1 is 1.04 bits per heavy atom. The van der Waals surface area contributed by atoms with E-state index in [0.29, 0.717) is 11.3 Å². The Hall–Kier alpha value is -3.46. The lowest BCUT2D eigenvalue weighted by Crippen LogP contribution is -2.18. The van der Waals surface area contributed by atoms with Crippen molar-refractivity contribution in [1.82, 2.24) is 4.83 Å². The van der Waals surface area contributed by atoms with Crippen molar-refractivity contribution in [2.75, 3.05) is 19.0 Å². The van der Waals surface area contributed by atoms with Crippen LogP contribution in [0, 0.1) is 10.1 Å². The number of nitro groups is 1. The van der Waals surface area contributed by atoms with Gasteiger partial charge in [0.2, 0.25) is 0 Å². The first-order valence-corrected chi connectivity index (χ1v) is 9.76. The van der Waals surface area contributed by atoms with E-state index in [1.807, 2.05) is 24.3 Å². The number of rotatable bonds is 6. The molecule has 0 aliphatic rings. The fourth-order valence-electron chi connectivity index (χ4n) is 2.70. The number of hydrazone groups is 1. The first kappa shape index (κ1) is 19.3. The minimum atomic E-state index is -3.86. The van der Waals surface area contributed by atoms with E-state index >= 15 is 0 Å². The highest BCUT2D eigenvalue weighted by Gasteiger charge is 2.16. The smallest absolute Gasteiger partial charge is 0.293 e. The van der Waals surface area contributed by atoms with Crippen LogP contribution in [-0.2, 0) is 10.0 Å². The quantitative estimate of drug-likeness (QED) is 0.390. The molecule has 0 bridgehead atoms. The van der Waals surface area contributed by atoms with E-state index < -0.39 is 14.9 Å². The molecule has 0 radical (unpaired) electrons. The van der Waals surface area contributed by atoms with E-state index in [2.05, 4.69) is 9.93 Å². The van der Waals surface area contributed by atoms with Crippen molar-refractivity contribution in [2.45, 2.75) is 4.90 Å². The molecule has 28 heavy (non-hydrogen) atoms. The Bertz CT molecular complexity index is 1170. The summed E-state index contributed by atoms with van der Waals surface area (Å²) in [6.07, 6.45) is 1.23. The summed E-state index contributed by atoms with van der Waals surface area (Å²) in [4.78, 5) is 14.6. The molecule has 1 N–H and O–H groups in total. The maximum Gasteiger partial charge on any atom is 0.293 e. The van der Waals surface area contributed by atoms with Gasteiger partial charge in [-0.05, 0) is 29.0 Å². The maximum absolute atomic E-state index is 12.4. The summed E-state index contributed by atoms with van der Waals surface area (Å²) >= 11 is 0. The Kier molecular flexibility index (Phi) is 5.27. The number of nitrogens with one attached hydrogen (secondary N) is 1. The maximum atomic E-state index is 12.4. The molecule has 0 aliphatic carbocycles. The molecular weight excluding hydrogens is 380 g/mol. The molecule has 3 aromatic carbocycles. The highest BCUT2D eigenvalue weighted by molar-refractivity contribution is 7.89. The normalized spacial score (nSPS) is 11.6. The summed E-state index contributed by atoms with van der Waals surface area (Å²) in [6, 6.07) is 16.7. The zero-order chi connectivity index (χ0) is 20.3. The molecule has 3 aromatic rings. The van der Waals surface area contributed by atoms with Crippen LogP contribution >= 0.6 is 0 Å². The van der Waals surface area contributed by atoms with Crippen LogP contribution in [0.3, 0.4) is 0 Å². The summed E-state index contributed by atoms with van der Waals surface area (Å²) in [5.74, 6) is 0. The van der Waals surface area contributed by atoms with E-state index in [0.717, 1.165) is 10.8 Å². The van der Waals surface area contributed by atoms with Gasteiger partial charge < -0.3 is 4.90 Å². The van der Waals surface area contributed by atoms with Crippen molar-refractivity contribution in [3.63, 3.8) is 0 Å². The highest BCUT2D eigenvalue weighted by atomic mass is 32.2. The lowest BCUT2D eigenvalue weighted by Gasteiger charge is -2.12. The molecule has 3 rings (SSSR count). The predicted octanol–water partition coefficient (Wildman–Crippen LogP) is 3.13. The van der Waals surface area contributed by atoms with Gasteiger partial charge in [-0.2, -0.15) is 13.5 Å². The van der Waals surface area contributed by atoms with Gasteiger partial charge in [-0.3, -0.25) is 10.1 Å². The van der Waals surface area contributed by atoms with Gasteiger partial charge in [0.25, 0.3) is 15.7 Å². The van der Waals surface area contributed by atoms with Crippen LogP contribution in [0.4, 0.5) is 11.4 Å². The van der Waals surface area contributed by atoms with Gasteiger partial charge in [-0.25, -0.2) is 4.83 Å². The van der Waals surface area contributed by atoms with Gasteiger partial charge in [0.05, 0.1) is 16.0 Å². The van der Waals surface area contributed by atoms with Gasteiger partial charge in [0.15, 0.2) is 0 Å². The molecule has 0 fully saturated rings. The van der Waals surface area contributed by atoms with Crippen molar-refractivity contribution in [1.29, 1.82) is 0 Å². The Morgan fingerprint density at radius 3 is 2.43 bits per heavy atom. The van der Waals surface area contributed by atoms with Crippen molar-refractivity contribution in [3.8, 4) is 0 Å². The van der Waals surface area contributed by atoms with E-state index in [9.17, 15) is 18.5 Å². The predicted molar refractivity (Wildman–Crippen MR) is 109 cm³/mol. The van der Waals surface area contributed by atoms with Crippen molar-refractivity contribution in [2.24, 2.45) is 5.10 Å². The fraction of sp³-hybridized carbons (Fsp3) is 0.105. The lowest BCUT2D eigenvalue weighted by atomic mass is 10.1. The zero-order valence-electron chi connectivity index (χ0n) is 15.2. The molecule has 0 heterocycles. The van der Waals surface area contributed by atoms with Gasteiger partial charge in [0.1, 0.15) is 5.69 Å². The standard InChI is InChI=1S/C19H18N4O4S/c1-22(2)18-10-7-14(11-19(18)23(24)25)13-20-21-28(26,27)17-9-8-15-5-3-4-6-16(15)12-17/h3-13,21H,1-2H3. The van der Waals surface area contributed by atoms with Crippen LogP contribution in [0.2, 0.25) is 0 Å². The number of anilines is 1. The number of hydrogen-bond acceptors (Lipinski definition) is 6. The van der Waals surface area contributed by atoms with Crippen molar-refractivity contribution in [3.05, 3.63) is 76.3 Å². The lowest BCUT2D eigenvalue weighted by molar-refractivity contribution is -0.384. The van der Waals surface area contributed by atoms with Crippen LogP contribution in [0.5, 0.6) is 0 Å². The number of benzene rings is 3. The number of hydrogen-bond donors (Lipinski definition) is 1. The Labute approximate surface area is 162 Å². The molecule has 0 saturated heterocycles. The third-order valence-electron chi connectivity index (χ3n) is 4.10. The van der Waals surface area contributed by atoms with Crippen LogP contribution in [-0.4, -0.2) is 33.7 Å². The van der Waals surface area contributed by atoms with E-state index in [4.69, 9.17) is 0 Å². The van der Waals surface area contributed by atoms with Gasteiger partial charge in [0, 0.05) is 25.7 Å². The van der Waals surface area contributed by atoms with Crippen molar-refractivity contribution < 1.29 is 13.3 Å². The number of nitro benzene ring substituents is 1. The fourth-order valence-corrected chi connectivity index (χ4v) is 3.53. The molecule has 0 saturated carbocycles. The van der Waals surface area contributed by atoms with Crippen LogP contribution in [0.25, 0.3) is 10.8 Å². The second kappa shape index (κ2) is 7.65. The minimum absolute atomic E-state index is 0.0808. The third kappa shape index (κ3) is 4.09. The monoisotopic (exact) mass is 398 g/mol. The zero-order valence-corrected chi connectivity index (χ0v) is 16.1. The number of nitrogens with zero attached hydrogens (tertiary/aromatic N) is 3. The highest BCUT2D eigenvalue weighted by Crippen LogP contribution is 2.27. The molecule has 8 nitrogen and oxygen atoms in total. The average Bonchev–Trinajstić information content (AvgIpc) is 2.67. The first-order chi connectivity index (χ1) is 13.3. The second-order valence-corrected chi connectivity index (χ2v) is 7.92. The minimum Gasteiger partial charge on any atom is -0.372 e. The van der Waals surface area contributed by atoms with Crippen LogP contribution in [0.15, 0.2) is 70.7 Å². The molecule has 9 heteroatoms. The van der Waals surface area contributed by atoms with E-state index in [1.165, 1.54) is 18.3 Å². The molecule has 0 aliphatic heterocycles. The SMILES string of the molecule is CN(C)c1ccc(C=NNS(=O)(=O)c2ccc3ccccc3c2)cc1[N+](=O)[O-]. The number of sulfonamides is 1. The van der Waals surface area contributed by atoms with E-state index in [1.54, 1.807) is 43.3 Å². The summed E-state index contributed by atoms with van der Waals surface area (Å²) in [5, 5.41) is 16.7. The van der Waals surface area contributed by atoms with Gasteiger partial charge >= 0.3 is 0 Å². The molecule has 0 aromatic heterocycles. The Balaban J connectivity index is 1.82. The molecule has 0 spiro atoms. The molecule has 0 amide bonds. The average molecular weight is 398 g/mol. The largest absolute Gasteiger partial charge is 0.372 e. The molecule has 0 atom stereocenters. The number of fused-ring (bicyclic) bond motifs is 1. The summed E-state index contributed by atoms with van der Waals surface area (Å²) < 4.78 is 24.9. The van der Waals surface area contributed by atoms with Crippen molar-refractivity contribution >= 4 is 38.4 Å². The van der Waals surface area contributed by atoms with Crippen LogP contribution < -0.4 is 9.73 Å². The summed E-state index contributed by atoms with van der Waals surface area (Å²) in [7, 11) is -0.456. The summed E-state index contributed by atoms with van der Waals surface area (Å²) in [6.45, 7) is 0. The second-order valence-electron chi connectivity index (χ2n) is 6.26. The van der Waals surface area contributed by atoms with Gasteiger partial charge in [-0.1, -0.05) is 36.4 Å². The molecule has 0 unspecified atom stereocenters. The first-order valence-electron chi connectivity index (χ1n) is 8.27. The third-order valence-corrected chi connectivity index (χ3v) is 5.32.